The Morgan fingerprint density at radius 3 is 1.91 bits per heavy atom. The van der Waals surface area contributed by atoms with Crippen molar-refractivity contribution in [3.05, 3.63) is 35.0 Å². The van der Waals surface area contributed by atoms with E-state index >= 15 is 0 Å². The van der Waals surface area contributed by atoms with Crippen LogP contribution in [-0.4, -0.2) is 31.0 Å². The Morgan fingerprint density at radius 1 is 0.957 bits per heavy atom. The summed E-state index contributed by atoms with van der Waals surface area (Å²) in [7, 11) is 0. The van der Waals surface area contributed by atoms with E-state index in [1.165, 1.54) is 57.9 Å². The van der Waals surface area contributed by atoms with E-state index in [-0.39, 0.29) is 12.6 Å². The van der Waals surface area contributed by atoms with Gasteiger partial charge in [0.25, 0.3) is 0 Å². The molecule has 0 aromatic heterocycles. The van der Waals surface area contributed by atoms with Crippen molar-refractivity contribution < 1.29 is 9.53 Å². The molecule has 0 aliphatic heterocycles. The molecule has 0 spiro atoms. The standard InChI is InChI=1S/C8H9O2.3C4H9.Sn/c1-3-5-6-8(9)10-7-4-2;3*1-3-4-2;/h1,3-6H,2,7H2;3*1,3-4H2,2H3;/b3-1?,6-5+;;;;. The maximum atomic E-state index is 11.5. The van der Waals surface area contributed by atoms with E-state index < -0.39 is 18.4 Å². The summed E-state index contributed by atoms with van der Waals surface area (Å²) in [4.78, 5) is 11.5. The van der Waals surface area contributed by atoms with Gasteiger partial charge in [-0.25, -0.2) is 0 Å². The van der Waals surface area contributed by atoms with Gasteiger partial charge in [0.2, 0.25) is 0 Å². The van der Waals surface area contributed by atoms with Crippen LogP contribution in [0.3, 0.4) is 0 Å². The van der Waals surface area contributed by atoms with E-state index in [1.54, 1.807) is 6.08 Å². The molecule has 2 nitrogen and oxygen atoms in total. The van der Waals surface area contributed by atoms with Gasteiger partial charge in [0.05, 0.1) is 0 Å². The van der Waals surface area contributed by atoms with Crippen molar-refractivity contribution in [2.24, 2.45) is 0 Å². The van der Waals surface area contributed by atoms with Gasteiger partial charge in [0.15, 0.2) is 0 Å². The summed E-state index contributed by atoms with van der Waals surface area (Å²) in [6.07, 6.45) is 15.0. The van der Waals surface area contributed by atoms with Crippen molar-refractivity contribution in [1.82, 2.24) is 0 Å². The van der Waals surface area contributed by atoms with Gasteiger partial charge in [-0.15, -0.1) is 0 Å². The van der Waals surface area contributed by atoms with Crippen molar-refractivity contribution in [3.8, 4) is 0 Å². The Bertz CT molecular complexity index is 350. The number of ether oxygens (including phenoxy) is 1. The first-order valence-electron chi connectivity index (χ1n) is 9.27. The van der Waals surface area contributed by atoms with E-state index in [4.69, 9.17) is 4.74 Å². The number of carbonyl (C=O) groups excluding carboxylic acids is 1. The number of allylic oxidation sites excluding steroid dienone is 2. The van der Waals surface area contributed by atoms with Crippen LogP contribution in [-0.2, 0) is 9.53 Å². The number of carbonyl (C=O) groups is 1. The predicted molar refractivity (Wildman–Crippen MR) is 104 cm³/mol. The Morgan fingerprint density at radius 2 is 1.48 bits per heavy atom. The number of hydrogen-bond acceptors (Lipinski definition) is 2. The molecule has 0 aromatic rings. The summed E-state index contributed by atoms with van der Waals surface area (Å²) < 4.78 is 11.9. The van der Waals surface area contributed by atoms with E-state index in [9.17, 15) is 4.79 Å². The zero-order chi connectivity index (χ0) is 17.4. The van der Waals surface area contributed by atoms with Gasteiger partial charge in [-0.2, -0.15) is 0 Å². The Labute approximate surface area is 147 Å². The third-order valence-corrected chi connectivity index (χ3v) is 18.3. The molecule has 0 rings (SSSR count). The molecule has 0 unspecified atom stereocenters. The zero-order valence-corrected chi connectivity index (χ0v) is 18.3. The number of esters is 1. The molecule has 0 aliphatic carbocycles. The van der Waals surface area contributed by atoms with E-state index in [1.807, 2.05) is 6.08 Å². The van der Waals surface area contributed by atoms with Crippen LogP contribution in [0.4, 0.5) is 0 Å². The molecule has 0 radical (unpaired) electrons. The molecule has 0 saturated heterocycles. The fourth-order valence-corrected chi connectivity index (χ4v) is 16.9. The van der Waals surface area contributed by atoms with Gasteiger partial charge in [-0.3, -0.25) is 0 Å². The van der Waals surface area contributed by atoms with E-state index in [0.29, 0.717) is 0 Å². The minimum absolute atomic E-state index is 0.277. The second-order valence-electron chi connectivity index (χ2n) is 6.31. The summed E-state index contributed by atoms with van der Waals surface area (Å²) in [5.74, 6) is -0.286. The Hall–Kier alpha value is -0.511. The summed E-state index contributed by atoms with van der Waals surface area (Å²) in [5.41, 5.74) is 0. The fourth-order valence-electron chi connectivity index (χ4n) is 2.79. The summed E-state index contributed by atoms with van der Waals surface area (Å²) in [6, 6.07) is 0. The molecule has 0 fully saturated rings. The first-order valence-corrected chi connectivity index (χ1v) is 17.0. The van der Waals surface area contributed by atoms with Gasteiger partial charge >= 0.3 is 148 Å². The van der Waals surface area contributed by atoms with Gasteiger partial charge < -0.3 is 0 Å². The first kappa shape index (κ1) is 22.5. The molecule has 0 amide bonds. The van der Waals surface area contributed by atoms with Gasteiger partial charge in [0, 0.05) is 0 Å². The Balaban J connectivity index is 4.84. The molecule has 0 saturated carbocycles. The van der Waals surface area contributed by atoms with Crippen molar-refractivity contribution in [2.75, 3.05) is 6.61 Å². The van der Waals surface area contributed by atoms with E-state index in [2.05, 4.69) is 37.5 Å². The predicted octanol–water partition coefficient (Wildman–Crippen LogP) is 6.22. The van der Waals surface area contributed by atoms with Gasteiger partial charge in [-0.1, -0.05) is 0 Å². The van der Waals surface area contributed by atoms with Crippen LogP contribution < -0.4 is 0 Å². The van der Waals surface area contributed by atoms with Crippen LogP contribution in [0.2, 0.25) is 13.3 Å². The maximum absolute atomic E-state index is 11.5. The topological polar surface area (TPSA) is 26.3 Å². The average molecular weight is 427 g/mol. The molecular weight excluding hydrogens is 391 g/mol. The first-order chi connectivity index (χ1) is 11.1. The third kappa shape index (κ3) is 11.6. The number of rotatable bonds is 14. The SMILES string of the molecule is C=CCOC(=O)/C=C/C=[CH]/[Sn]([CH2]CCC)([CH2]CCC)[CH2]CCC. The summed E-state index contributed by atoms with van der Waals surface area (Å²) >= 11 is -2.20. The molecule has 3 heteroatoms. The molecule has 0 heterocycles. The minimum atomic E-state index is -2.20. The molecular formula is C20H36O2Sn. The van der Waals surface area contributed by atoms with Gasteiger partial charge in [0.1, 0.15) is 0 Å². The monoisotopic (exact) mass is 428 g/mol. The molecule has 0 aromatic carbocycles. The second kappa shape index (κ2) is 15.0. The summed E-state index contributed by atoms with van der Waals surface area (Å²) in [5, 5.41) is 0. The second-order valence-corrected chi connectivity index (χ2v) is 19.3. The van der Waals surface area contributed by atoms with Crippen molar-refractivity contribution >= 4 is 24.3 Å². The fraction of sp³-hybridized carbons (Fsp3) is 0.650. The van der Waals surface area contributed by atoms with Crippen molar-refractivity contribution in [3.63, 3.8) is 0 Å². The summed E-state index contributed by atoms with van der Waals surface area (Å²) in [6.45, 7) is 10.7. The van der Waals surface area contributed by atoms with Crippen LogP contribution in [0, 0.1) is 0 Å². The van der Waals surface area contributed by atoms with Crippen molar-refractivity contribution in [1.29, 1.82) is 0 Å². The van der Waals surface area contributed by atoms with Crippen LogP contribution in [0.1, 0.15) is 59.3 Å². The molecule has 132 valence electrons. The van der Waals surface area contributed by atoms with Crippen LogP contribution in [0.5, 0.6) is 0 Å². The zero-order valence-electron chi connectivity index (χ0n) is 15.5. The van der Waals surface area contributed by atoms with Crippen LogP contribution in [0.25, 0.3) is 0 Å². The molecule has 23 heavy (non-hydrogen) atoms. The molecule has 0 bridgehead atoms. The normalized spacial score (nSPS) is 12.1. The van der Waals surface area contributed by atoms with Gasteiger partial charge in [-0.05, 0) is 0 Å². The van der Waals surface area contributed by atoms with Crippen molar-refractivity contribution in [2.45, 2.75) is 72.6 Å². The molecule has 0 N–H and O–H groups in total. The molecule has 0 aliphatic rings. The van der Waals surface area contributed by atoms with Crippen LogP contribution in [0.15, 0.2) is 35.0 Å². The average Bonchev–Trinajstić information content (AvgIpc) is 2.57. The number of unbranched alkanes of at least 4 members (excludes halogenated alkanes) is 3. The Kier molecular flexibility index (Phi) is 14.7. The molecule has 0 atom stereocenters. The number of hydrogen-bond donors (Lipinski definition) is 0. The quantitative estimate of drug-likeness (QED) is 0.108. The van der Waals surface area contributed by atoms with Crippen LogP contribution >= 0.6 is 0 Å². The third-order valence-electron chi connectivity index (χ3n) is 4.22. The van der Waals surface area contributed by atoms with E-state index in [0.717, 1.165) is 0 Å².